The molecule has 0 radical (unpaired) electrons. The van der Waals surface area contributed by atoms with E-state index in [9.17, 15) is 18.0 Å². The van der Waals surface area contributed by atoms with Crippen molar-refractivity contribution < 1.29 is 18.0 Å². The number of hydrogen-bond acceptors (Lipinski definition) is 4. The number of rotatable bonds is 11. The second-order valence-electron chi connectivity index (χ2n) is 9.63. The Labute approximate surface area is 234 Å². The van der Waals surface area contributed by atoms with Gasteiger partial charge in [-0.25, -0.2) is 8.42 Å². The number of nitrogens with one attached hydrogen (secondary N) is 1. The molecule has 3 aromatic carbocycles. The fourth-order valence-corrected chi connectivity index (χ4v) is 5.77. The van der Waals surface area contributed by atoms with Gasteiger partial charge in [-0.2, -0.15) is 0 Å². The summed E-state index contributed by atoms with van der Waals surface area (Å²) in [5, 5.41) is 2.89. The fraction of sp³-hybridized carbons (Fsp3) is 0.310. The molecule has 3 aromatic rings. The quantitative estimate of drug-likeness (QED) is 0.330. The first-order chi connectivity index (χ1) is 18.0. The van der Waals surface area contributed by atoms with E-state index in [0.717, 1.165) is 19.9 Å². The van der Waals surface area contributed by atoms with Crippen LogP contribution < -0.4 is 9.62 Å². The van der Waals surface area contributed by atoms with Gasteiger partial charge in [0.1, 0.15) is 12.6 Å². The minimum atomic E-state index is -4.07. The standard InChI is InChI=1S/C29H34BrN3O4S/c1-21(2)18-31-29(35)23(4)32(19-24-11-9-12-25(30)17-24)28(34)20-33(26-13-8-10-22(3)16-26)38(36,37)27-14-6-5-7-15-27/h5-17,21,23H,18-20H2,1-4H3,(H,31,35)/t23-/m1/s1. The molecule has 0 aliphatic rings. The van der Waals surface area contributed by atoms with Crippen molar-refractivity contribution in [1.29, 1.82) is 0 Å². The van der Waals surface area contributed by atoms with E-state index in [4.69, 9.17) is 0 Å². The topological polar surface area (TPSA) is 86.8 Å². The third-order valence-electron chi connectivity index (χ3n) is 5.99. The largest absolute Gasteiger partial charge is 0.354 e. The minimum absolute atomic E-state index is 0.0792. The summed E-state index contributed by atoms with van der Waals surface area (Å²) >= 11 is 3.46. The highest BCUT2D eigenvalue weighted by molar-refractivity contribution is 9.10. The molecule has 0 spiro atoms. The van der Waals surface area contributed by atoms with Crippen molar-refractivity contribution in [2.75, 3.05) is 17.4 Å². The minimum Gasteiger partial charge on any atom is -0.354 e. The number of sulfonamides is 1. The monoisotopic (exact) mass is 599 g/mol. The van der Waals surface area contributed by atoms with Crippen LogP contribution in [-0.4, -0.2) is 44.3 Å². The van der Waals surface area contributed by atoms with Crippen molar-refractivity contribution in [2.24, 2.45) is 5.92 Å². The molecule has 0 bridgehead atoms. The van der Waals surface area contributed by atoms with Crippen molar-refractivity contribution in [3.05, 3.63) is 94.5 Å². The summed E-state index contributed by atoms with van der Waals surface area (Å²) in [6.45, 7) is 7.65. The molecule has 0 aliphatic carbocycles. The highest BCUT2D eigenvalue weighted by atomic mass is 79.9. The highest BCUT2D eigenvalue weighted by Gasteiger charge is 2.32. The van der Waals surface area contributed by atoms with Gasteiger partial charge in [0.25, 0.3) is 10.0 Å². The van der Waals surface area contributed by atoms with Gasteiger partial charge in [0.2, 0.25) is 11.8 Å². The molecule has 0 unspecified atom stereocenters. The van der Waals surface area contributed by atoms with Crippen LogP contribution in [0, 0.1) is 12.8 Å². The summed E-state index contributed by atoms with van der Waals surface area (Å²) in [7, 11) is -4.07. The molecule has 0 aliphatic heterocycles. The average molecular weight is 601 g/mol. The zero-order valence-corrected chi connectivity index (χ0v) is 24.5. The van der Waals surface area contributed by atoms with Gasteiger partial charge in [-0.15, -0.1) is 0 Å². The van der Waals surface area contributed by atoms with Gasteiger partial charge in [0, 0.05) is 17.6 Å². The second kappa shape index (κ2) is 13.1. The predicted molar refractivity (Wildman–Crippen MR) is 154 cm³/mol. The van der Waals surface area contributed by atoms with Gasteiger partial charge >= 0.3 is 0 Å². The SMILES string of the molecule is Cc1cccc(N(CC(=O)N(Cc2cccc(Br)c2)[C@H](C)C(=O)NCC(C)C)S(=O)(=O)c2ccccc2)c1. The molecule has 38 heavy (non-hydrogen) atoms. The van der Waals surface area contributed by atoms with Crippen molar-refractivity contribution in [2.45, 2.75) is 45.2 Å². The molecule has 0 saturated heterocycles. The molecular weight excluding hydrogens is 566 g/mol. The third kappa shape index (κ3) is 7.68. The van der Waals surface area contributed by atoms with E-state index >= 15 is 0 Å². The first kappa shape index (κ1) is 29.4. The van der Waals surface area contributed by atoms with Gasteiger partial charge in [-0.05, 0) is 67.3 Å². The summed E-state index contributed by atoms with van der Waals surface area (Å²) in [5.74, 6) is -0.540. The maximum atomic E-state index is 13.9. The van der Waals surface area contributed by atoms with Crippen LogP contribution in [0.2, 0.25) is 0 Å². The maximum absolute atomic E-state index is 13.9. The van der Waals surface area contributed by atoms with Crippen molar-refractivity contribution in [3.8, 4) is 0 Å². The number of aryl methyl sites for hydroxylation is 1. The van der Waals surface area contributed by atoms with Crippen molar-refractivity contribution >= 4 is 43.5 Å². The van der Waals surface area contributed by atoms with Gasteiger partial charge in [0.05, 0.1) is 10.6 Å². The van der Waals surface area contributed by atoms with E-state index in [2.05, 4.69) is 21.2 Å². The van der Waals surface area contributed by atoms with Gasteiger partial charge in [-0.1, -0.05) is 72.2 Å². The Kier molecular flexibility index (Phi) is 10.1. The lowest BCUT2D eigenvalue weighted by Gasteiger charge is -2.32. The van der Waals surface area contributed by atoms with Gasteiger partial charge < -0.3 is 10.2 Å². The van der Waals surface area contributed by atoms with E-state index in [1.807, 2.05) is 51.1 Å². The van der Waals surface area contributed by atoms with Crippen LogP contribution in [0.5, 0.6) is 0 Å². The summed E-state index contributed by atoms with van der Waals surface area (Å²) in [4.78, 5) is 28.4. The molecular formula is C29H34BrN3O4S. The number of amides is 2. The normalized spacial score (nSPS) is 12.2. The Morgan fingerprint density at radius 2 is 1.61 bits per heavy atom. The van der Waals surface area contributed by atoms with Crippen LogP contribution in [0.25, 0.3) is 0 Å². The molecule has 0 saturated carbocycles. The first-order valence-corrected chi connectivity index (χ1v) is 14.7. The van der Waals surface area contributed by atoms with E-state index in [-0.39, 0.29) is 23.3 Å². The van der Waals surface area contributed by atoms with E-state index in [1.54, 1.807) is 43.3 Å². The Morgan fingerprint density at radius 1 is 0.921 bits per heavy atom. The first-order valence-electron chi connectivity index (χ1n) is 12.4. The van der Waals surface area contributed by atoms with Gasteiger partial charge in [-0.3, -0.25) is 13.9 Å². The number of hydrogen-bond donors (Lipinski definition) is 1. The number of benzene rings is 3. The number of anilines is 1. The molecule has 0 heterocycles. The lowest BCUT2D eigenvalue weighted by atomic mass is 10.1. The zero-order chi connectivity index (χ0) is 27.9. The molecule has 0 fully saturated rings. The van der Waals surface area contributed by atoms with Crippen molar-refractivity contribution in [1.82, 2.24) is 10.2 Å². The number of nitrogens with zero attached hydrogens (tertiary/aromatic N) is 2. The second-order valence-corrected chi connectivity index (χ2v) is 12.4. The van der Waals surface area contributed by atoms with Crippen LogP contribution in [0.4, 0.5) is 5.69 Å². The highest BCUT2D eigenvalue weighted by Crippen LogP contribution is 2.25. The molecule has 9 heteroatoms. The maximum Gasteiger partial charge on any atom is 0.264 e. The summed E-state index contributed by atoms with van der Waals surface area (Å²) in [5.41, 5.74) is 2.04. The Hall–Kier alpha value is -3.17. The summed E-state index contributed by atoms with van der Waals surface area (Å²) in [6.07, 6.45) is 0. The Balaban J connectivity index is 2.00. The summed E-state index contributed by atoms with van der Waals surface area (Å²) in [6, 6.07) is 21.7. The van der Waals surface area contributed by atoms with E-state index < -0.39 is 28.5 Å². The number of carbonyl (C=O) groups excluding carboxylic acids is 2. The van der Waals surface area contributed by atoms with E-state index in [1.165, 1.54) is 17.0 Å². The van der Waals surface area contributed by atoms with Crippen LogP contribution >= 0.6 is 15.9 Å². The lowest BCUT2D eigenvalue weighted by Crippen LogP contribution is -2.51. The van der Waals surface area contributed by atoms with Gasteiger partial charge in [0.15, 0.2) is 0 Å². The molecule has 1 N–H and O–H groups in total. The van der Waals surface area contributed by atoms with Crippen LogP contribution in [-0.2, 0) is 26.2 Å². The molecule has 1 atom stereocenters. The van der Waals surface area contributed by atoms with Crippen molar-refractivity contribution in [3.63, 3.8) is 0 Å². The molecule has 202 valence electrons. The zero-order valence-electron chi connectivity index (χ0n) is 22.1. The van der Waals surface area contributed by atoms with Crippen LogP contribution in [0.3, 0.4) is 0 Å². The number of halogens is 1. The molecule has 3 rings (SSSR count). The Morgan fingerprint density at radius 3 is 2.24 bits per heavy atom. The average Bonchev–Trinajstić information content (AvgIpc) is 2.88. The third-order valence-corrected chi connectivity index (χ3v) is 8.27. The molecule has 2 amide bonds. The molecule has 7 nitrogen and oxygen atoms in total. The van der Waals surface area contributed by atoms with Crippen LogP contribution in [0.1, 0.15) is 31.9 Å². The summed E-state index contributed by atoms with van der Waals surface area (Å²) < 4.78 is 29.5. The molecule has 0 aromatic heterocycles. The predicted octanol–water partition coefficient (Wildman–Crippen LogP) is 5.14. The fourth-order valence-electron chi connectivity index (χ4n) is 3.90. The Bertz CT molecular complexity index is 1360. The van der Waals surface area contributed by atoms with Crippen LogP contribution in [0.15, 0.2) is 88.2 Å². The smallest absolute Gasteiger partial charge is 0.264 e. The number of carbonyl (C=O) groups is 2. The lowest BCUT2D eigenvalue weighted by molar-refractivity contribution is -0.139. The van der Waals surface area contributed by atoms with E-state index in [0.29, 0.717) is 12.2 Å².